The molecule has 0 aliphatic carbocycles. The standard InChI is InChI=1S/C8H10N4/c1-12-4-2-7(3-5-12)8-9-6-10-11-8/h2-4,6H,5H2,1H3,(H,9,10,11). The third-order valence-corrected chi connectivity index (χ3v) is 1.80. The van der Waals surface area contributed by atoms with E-state index in [4.69, 9.17) is 0 Å². The summed E-state index contributed by atoms with van der Waals surface area (Å²) >= 11 is 0. The van der Waals surface area contributed by atoms with Gasteiger partial charge in [0.15, 0.2) is 5.82 Å². The highest BCUT2D eigenvalue weighted by molar-refractivity contribution is 5.70. The minimum Gasteiger partial charge on any atom is -0.377 e. The van der Waals surface area contributed by atoms with Crippen LogP contribution in [0, 0.1) is 0 Å². The molecule has 12 heavy (non-hydrogen) atoms. The van der Waals surface area contributed by atoms with Crippen molar-refractivity contribution in [2.45, 2.75) is 0 Å². The Bertz CT molecular complexity index is 310. The summed E-state index contributed by atoms with van der Waals surface area (Å²) in [6, 6.07) is 0. The molecular weight excluding hydrogens is 152 g/mol. The predicted molar refractivity (Wildman–Crippen MR) is 46.1 cm³/mol. The molecule has 0 spiro atoms. The molecule has 0 aromatic carbocycles. The Morgan fingerprint density at radius 2 is 2.50 bits per heavy atom. The van der Waals surface area contributed by atoms with Crippen molar-refractivity contribution in [1.82, 2.24) is 20.1 Å². The van der Waals surface area contributed by atoms with Gasteiger partial charge in [0.25, 0.3) is 0 Å². The first-order valence-corrected chi connectivity index (χ1v) is 3.80. The molecule has 0 radical (unpaired) electrons. The van der Waals surface area contributed by atoms with Crippen molar-refractivity contribution in [2.24, 2.45) is 0 Å². The molecule has 4 heteroatoms. The van der Waals surface area contributed by atoms with E-state index in [1.54, 1.807) is 0 Å². The van der Waals surface area contributed by atoms with Gasteiger partial charge in [0, 0.05) is 19.2 Å². The predicted octanol–water partition coefficient (Wildman–Crippen LogP) is 0.647. The molecule has 0 fully saturated rings. The van der Waals surface area contributed by atoms with Crippen molar-refractivity contribution < 1.29 is 0 Å². The van der Waals surface area contributed by atoms with Crippen LogP contribution in [-0.2, 0) is 0 Å². The Balaban J connectivity index is 2.23. The zero-order valence-corrected chi connectivity index (χ0v) is 6.86. The fourth-order valence-electron chi connectivity index (χ4n) is 1.10. The summed E-state index contributed by atoms with van der Waals surface area (Å²) in [7, 11) is 2.03. The SMILES string of the molecule is CN1C=CC(c2ncn[nH]2)=CC1. The molecule has 1 aromatic rings. The number of rotatable bonds is 1. The Labute approximate surface area is 70.6 Å². The first-order valence-electron chi connectivity index (χ1n) is 3.80. The fourth-order valence-corrected chi connectivity index (χ4v) is 1.10. The van der Waals surface area contributed by atoms with Crippen LogP contribution in [0.2, 0.25) is 0 Å². The van der Waals surface area contributed by atoms with E-state index in [2.05, 4.69) is 26.2 Å². The summed E-state index contributed by atoms with van der Waals surface area (Å²) in [6.07, 6.45) is 7.67. The topological polar surface area (TPSA) is 44.8 Å². The molecule has 0 saturated carbocycles. The number of hydrogen-bond acceptors (Lipinski definition) is 3. The third-order valence-electron chi connectivity index (χ3n) is 1.80. The number of likely N-dealkylation sites (N-methyl/N-ethyl adjacent to an activating group) is 1. The Hall–Kier alpha value is -1.58. The van der Waals surface area contributed by atoms with Gasteiger partial charge < -0.3 is 4.90 Å². The molecule has 1 aliphatic heterocycles. The minimum atomic E-state index is 0.833. The zero-order valence-electron chi connectivity index (χ0n) is 6.86. The van der Waals surface area contributed by atoms with E-state index >= 15 is 0 Å². The van der Waals surface area contributed by atoms with Crippen LogP contribution >= 0.6 is 0 Å². The van der Waals surface area contributed by atoms with E-state index in [0.29, 0.717) is 0 Å². The van der Waals surface area contributed by atoms with E-state index in [9.17, 15) is 0 Å². The van der Waals surface area contributed by atoms with Crippen molar-refractivity contribution in [1.29, 1.82) is 0 Å². The molecule has 0 saturated heterocycles. The van der Waals surface area contributed by atoms with Gasteiger partial charge in [-0.2, -0.15) is 5.10 Å². The van der Waals surface area contributed by atoms with Crippen LogP contribution in [0.3, 0.4) is 0 Å². The van der Waals surface area contributed by atoms with Crippen LogP contribution in [-0.4, -0.2) is 33.7 Å². The molecule has 0 bridgehead atoms. The lowest BCUT2D eigenvalue weighted by atomic mass is 10.2. The van der Waals surface area contributed by atoms with Gasteiger partial charge in [0.2, 0.25) is 0 Å². The molecule has 0 atom stereocenters. The summed E-state index contributed by atoms with van der Waals surface area (Å²) < 4.78 is 0. The quantitative estimate of drug-likeness (QED) is 0.659. The summed E-state index contributed by atoms with van der Waals surface area (Å²) in [5, 5.41) is 6.61. The van der Waals surface area contributed by atoms with Crippen LogP contribution in [0.15, 0.2) is 24.7 Å². The number of H-pyrrole nitrogens is 1. The van der Waals surface area contributed by atoms with Crippen LogP contribution in [0.4, 0.5) is 0 Å². The summed E-state index contributed by atoms with van der Waals surface area (Å²) in [6.45, 7) is 0.923. The maximum atomic E-state index is 4.06. The molecule has 1 aromatic heterocycles. The van der Waals surface area contributed by atoms with Crippen LogP contribution in [0.25, 0.3) is 5.57 Å². The number of nitrogens with zero attached hydrogens (tertiary/aromatic N) is 3. The third kappa shape index (κ3) is 1.23. The second kappa shape index (κ2) is 2.81. The van der Waals surface area contributed by atoms with Gasteiger partial charge in [-0.15, -0.1) is 0 Å². The van der Waals surface area contributed by atoms with E-state index in [0.717, 1.165) is 17.9 Å². The van der Waals surface area contributed by atoms with Crippen molar-refractivity contribution in [3.63, 3.8) is 0 Å². The van der Waals surface area contributed by atoms with Crippen LogP contribution < -0.4 is 0 Å². The Morgan fingerprint density at radius 3 is 3.08 bits per heavy atom. The lowest BCUT2D eigenvalue weighted by Crippen LogP contribution is -2.13. The van der Waals surface area contributed by atoms with Gasteiger partial charge in [-0.25, -0.2) is 4.98 Å². The van der Waals surface area contributed by atoms with Crippen molar-refractivity contribution >= 4 is 5.57 Å². The first kappa shape index (κ1) is 7.09. The smallest absolute Gasteiger partial charge is 0.155 e. The molecule has 2 rings (SSSR count). The van der Waals surface area contributed by atoms with Gasteiger partial charge >= 0.3 is 0 Å². The number of aromatic nitrogens is 3. The second-order valence-electron chi connectivity index (χ2n) is 2.75. The monoisotopic (exact) mass is 162 g/mol. The lowest BCUT2D eigenvalue weighted by Gasteiger charge is -2.15. The lowest BCUT2D eigenvalue weighted by molar-refractivity contribution is 0.506. The molecule has 1 N–H and O–H groups in total. The zero-order chi connectivity index (χ0) is 8.39. The van der Waals surface area contributed by atoms with Gasteiger partial charge in [-0.05, 0) is 12.3 Å². The van der Waals surface area contributed by atoms with Crippen LogP contribution in [0.1, 0.15) is 5.82 Å². The number of hydrogen-bond donors (Lipinski definition) is 1. The first-order chi connectivity index (χ1) is 5.86. The highest BCUT2D eigenvalue weighted by atomic mass is 15.2. The van der Waals surface area contributed by atoms with Crippen molar-refractivity contribution in [3.05, 3.63) is 30.5 Å². The fraction of sp³-hybridized carbons (Fsp3) is 0.250. The van der Waals surface area contributed by atoms with Gasteiger partial charge in [-0.1, -0.05) is 6.08 Å². The molecule has 2 heterocycles. The van der Waals surface area contributed by atoms with Gasteiger partial charge in [0.1, 0.15) is 6.33 Å². The number of nitrogens with one attached hydrogen (secondary N) is 1. The van der Waals surface area contributed by atoms with E-state index in [-0.39, 0.29) is 0 Å². The Morgan fingerprint density at radius 1 is 1.58 bits per heavy atom. The average molecular weight is 162 g/mol. The molecule has 0 amide bonds. The van der Waals surface area contributed by atoms with Crippen molar-refractivity contribution in [3.8, 4) is 0 Å². The summed E-state index contributed by atoms with van der Waals surface area (Å²) in [4.78, 5) is 6.16. The highest BCUT2D eigenvalue weighted by Crippen LogP contribution is 2.13. The van der Waals surface area contributed by atoms with Crippen molar-refractivity contribution in [2.75, 3.05) is 13.6 Å². The number of allylic oxidation sites excluding steroid dienone is 2. The molecule has 0 unspecified atom stereocenters. The minimum absolute atomic E-state index is 0.833. The molecular formula is C8H10N4. The average Bonchev–Trinajstić information content (AvgIpc) is 2.58. The summed E-state index contributed by atoms with van der Waals surface area (Å²) in [5.74, 6) is 0.833. The maximum Gasteiger partial charge on any atom is 0.155 e. The highest BCUT2D eigenvalue weighted by Gasteiger charge is 2.04. The van der Waals surface area contributed by atoms with E-state index in [1.807, 2.05) is 19.3 Å². The normalized spacial score (nSPS) is 16.4. The molecule has 62 valence electrons. The largest absolute Gasteiger partial charge is 0.377 e. The number of aromatic amines is 1. The molecule has 1 aliphatic rings. The van der Waals surface area contributed by atoms with E-state index in [1.165, 1.54) is 6.33 Å². The van der Waals surface area contributed by atoms with Crippen LogP contribution in [0.5, 0.6) is 0 Å². The Kier molecular flexibility index (Phi) is 1.66. The second-order valence-corrected chi connectivity index (χ2v) is 2.75. The van der Waals surface area contributed by atoms with Gasteiger partial charge in [0.05, 0.1) is 0 Å². The van der Waals surface area contributed by atoms with E-state index < -0.39 is 0 Å². The molecule has 4 nitrogen and oxygen atoms in total. The van der Waals surface area contributed by atoms with Gasteiger partial charge in [-0.3, -0.25) is 5.10 Å². The maximum absolute atomic E-state index is 4.06. The summed E-state index contributed by atoms with van der Waals surface area (Å²) in [5.41, 5.74) is 1.10.